The molecular weight excluding hydrogens is 266 g/mol. The number of hydrogen-bond acceptors (Lipinski definition) is 3. The minimum atomic E-state index is -0.820. The van der Waals surface area contributed by atoms with E-state index in [-0.39, 0.29) is 6.04 Å². The first kappa shape index (κ1) is 14.1. The van der Waals surface area contributed by atoms with Gasteiger partial charge in [0.05, 0.1) is 16.7 Å². The van der Waals surface area contributed by atoms with E-state index in [1.807, 2.05) is 20.8 Å². The number of benzene rings is 1. The van der Waals surface area contributed by atoms with E-state index in [9.17, 15) is 8.78 Å². The highest BCUT2D eigenvalue weighted by Crippen LogP contribution is 2.31. The molecule has 2 nitrogen and oxygen atoms in total. The Bertz CT molecular complexity index is 581. The molecular formula is C14H16F2N2S. The van der Waals surface area contributed by atoms with Crippen molar-refractivity contribution in [2.24, 2.45) is 0 Å². The number of nitrogens with one attached hydrogen (secondary N) is 1. The second-order valence-corrected chi connectivity index (χ2v) is 5.55. The van der Waals surface area contributed by atoms with Gasteiger partial charge in [-0.15, -0.1) is 11.3 Å². The van der Waals surface area contributed by atoms with Crippen molar-refractivity contribution in [3.8, 4) is 0 Å². The Morgan fingerprint density at radius 3 is 2.63 bits per heavy atom. The summed E-state index contributed by atoms with van der Waals surface area (Å²) < 4.78 is 27.4. The van der Waals surface area contributed by atoms with Crippen molar-refractivity contribution in [1.82, 2.24) is 10.3 Å². The third kappa shape index (κ3) is 2.82. The maximum absolute atomic E-state index is 14.0. The molecule has 0 aliphatic heterocycles. The predicted molar refractivity (Wildman–Crippen MR) is 73.5 cm³/mol. The topological polar surface area (TPSA) is 24.9 Å². The molecule has 0 radical (unpaired) electrons. The zero-order valence-electron chi connectivity index (χ0n) is 11.1. The first-order valence-corrected chi connectivity index (χ1v) is 6.97. The third-order valence-electron chi connectivity index (χ3n) is 2.90. The molecule has 1 atom stereocenters. The maximum Gasteiger partial charge on any atom is 0.163 e. The molecule has 1 aromatic heterocycles. The zero-order chi connectivity index (χ0) is 14.0. The molecule has 102 valence electrons. The summed E-state index contributed by atoms with van der Waals surface area (Å²) in [5.74, 6) is -1.61. The van der Waals surface area contributed by atoms with E-state index < -0.39 is 11.6 Å². The fourth-order valence-corrected chi connectivity index (χ4v) is 3.13. The lowest BCUT2D eigenvalue weighted by Gasteiger charge is -2.18. The van der Waals surface area contributed by atoms with Gasteiger partial charge in [-0.2, -0.15) is 0 Å². The number of rotatable bonds is 4. The highest BCUT2D eigenvalue weighted by molar-refractivity contribution is 7.11. The van der Waals surface area contributed by atoms with E-state index in [1.165, 1.54) is 17.4 Å². The molecule has 0 saturated heterocycles. The monoisotopic (exact) mass is 282 g/mol. The van der Waals surface area contributed by atoms with Crippen LogP contribution in [0.5, 0.6) is 0 Å². The summed E-state index contributed by atoms with van der Waals surface area (Å²) in [5.41, 5.74) is 1.19. The molecule has 0 spiro atoms. The van der Waals surface area contributed by atoms with Crippen LogP contribution in [0.15, 0.2) is 18.2 Å². The van der Waals surface area contributed by atoms with Gasteiger partial charge in [0.2, 0.25) is 0 Å². The Labute approximate surface area is 115 Å². The van der Waals surface area contributed by atoms with Crippen LogP contribution in [0.25, 0.3) is 0 Å². The second kappa shape index (κ2) is 5.75. The van der Waals surface area contributed by atoms with E-state index >= 15 is 0 Å². The standard InChI is InChI=1S/C14H16F2N2S/c1-4-17-13(14-8(2)18-9(3)19-14)10-6-5-7-11(15)12(10)16/h5-7,13,17H,4H2,1-3H3. The van der Waals surface area contributed by atoms with Crippen molar-refractivity contribution in [3.63, 3.8) is 0 Å². The van der Waals surface area contributed by atoms with Gasteiger partial charge in [0.1, 0.15) is 0 Å². The average Bonchev–Trinajstić information content (AvgIpc) is 2.69. The zero-order valence-corrected chi connectivity index (χ0v) is 11.9. The van der Waals surface area contributed by atoms with Gasteiger partial charge in [-0.3, -0.25) is 0 Å². The van der Waals surface area contributed by atoms with Gasteiger partial charge in [-0.1, -0.05) is 19.1 Å². The van der Waals surface area contributed by atoms with Crippen LogP contribution in [0.1, 0.15) is 34.1 Å². The van der Waals surface area contributed by atoms with Crippen LogP contribution in [-0.4, -0.2) is 11.5 Å². The minimum absolute atomic E-state index is 0.327. The van der Waals surface area contributed by atoms with Gasteiger partial charge in [0, 0.05) is 10.4 Å². The number of halogens is 2. The first-order chi connectivity index (χ1) is 9.04. The van der Waals surface area contributed by atoms with Crippen molar-refractivity contribution < 1.29 is 8.78 Å². The summed E-state index contributed by atoms with van der Waals surface area (Å²) in [7, 11) is 0. The lowest BCUT2D eigenvalue weighted by atomic mass is 10.0. The lowest BCUT2D eigenvalue weighted by Crippen LogP contribution is -2.23. The van der Waals surface area contributed by atoms with Crippen LogP contribution in [-0.2, 0) is 0 Å². The van der Waals surface area contributed by atoms with Crippen LogP contribution in [0.4, 0.5) is 8.78 Å². The van der Waals surface area contributed by atoms with Crippen molar-refractivity contribution in [2.45, 2.75) is 26.8 Å². The van der Waals surface area contributed by atoms with Gasteiger partial charge in [-0.05, 0) is 26.5 Å². The predicted octanol–water partition coefficient (Wildman–Crippen LogP) is 3.74. The molecule has 1 unspecified atom stereocenters. The Morgan fingerprint density at radius 1 is 1.32 bits per heavy atom. The summed E-state index contributed by atoms with van der Waals surface area (Å²) in [6.07, 6.45) is 0. The molecule has 5 heteroatoms. The molecule has 2 rings (SSSR count). The van der Waals surface area contributed by atoms with Crippen LogP contribution in [0.2, 0.25) is 0 Å². The number of thiazole rings is 1. The summed E-state index contributed by atoms with van der Waals surface area (Å²) >= 11 is 1.51. The molecule has 0 bridgehead atoms. The van der Waals surface area contributed by atoms with Crippen molar-refractivity contribution in [3.05, 3.63) is 51.0 Å². The quantitative estimate of drug-likeness (QED) is 0.924. The van der Waals surface area contributed by atoms with E-state index in [2.05, 4.69) is 10.3 Å². The number of aryl methyl sites for hydroxylation is 2. The minimum Gasteiger partial charge on any atom is -0.306 e. The first-order valence-electron chi connectivity index (χ1n) is 6.15. The normalized spacial score (nSPS) is 12.7. The van der Waals surface area contributed by atoms with Gasteiger partial charge < -0.3 is 5.32 Å². The highest BCUT2D eigenvalue weighted by atomic mass is 32.1. The van der Waals surface area contributed by atoms with Crippen molar-refractivity contribution >= 4 is 11.3 Å². The van der Waals surface area contributed by atoms with Gasteiger partial charge in [0.25, 0.3) is 0 Å². The van der Waals surface area contributed by atoms with Gasteiger partial charge >= 0.3 is 0 Å². The van der Waals surface area contributed by atoms with Crippen LogP contribution in [0, 0.1) is 25.5 Å². The molecule has 0 aliphatic carbocycles. The van der Waals surface area contributed by atoms with E-state index in [0.717, 1.165) is 21.6 Å². The number of aromatic nitrogens is 1. The average molecular weight is 282 g/mol. The van der Waals surface area contributed by atoms with Crippen LogP contribution >= 0.6 is 11.3 Å². The number of hydrogen-bond donors (Lipinski definition) is 1. The molecule has 19 heavy (non-hydrogen) atoms. The fraction of sp³-hybridized carbons (Fsp3) is 0.357. The van der Waals surface area contributed by atoms with Crippen molar-refractivity contribution in [2.75, 3.05) is 6.54 Å². The Balaban J connectivity index is 2.51. The Morgan fingerprint density at radius 2 is 2.05 bits per heavy atom. The summed E-state index contributed by atoms with van der Waals surface area (Å²) in [6, 6.07) is 3.92. The van der Waals surface area contributed by atoms with Crippen LogP contribution in [0.3, 0.4) is 0 Å². The smallest absolute Gasteiger partial charge is 0.163 e. The van der Waals surface area contributed by atoms with Gasteiger partial charge in [0.15, 0.2) is 11.6 Å². The van der Waals surface area contributed by atoms with Crippen LogP contribution < -0.4 is 5.32 Å². The Kier molecular flexibility index (Phi) is 4.27. The van der Waals surface area contributed by atoms with Crippen molar-refractivity contribution in [1.29, 1.82) is 0 Å². The van der Waals surface area contributed by atoms with E-state index in [0.29, 0.717) is 12.1 Å². The summed E-state index contributed by atoms with van der Waals surface area (Å²) in [6.45, 7) is 6.40. The SMILES string of the molecule is CCNC(c1cccc(F)c1F)c1sc(C)nc1C. The second-order valence-electron chi connectivity index (χ2n) is 4.32. The molecule has 0 aliphatic rings. The molecule has 2 aromatic rings. The molecule has 0 fully saturated rings. The molecule has 1 heterocycles. The largest absolute Gasteiger partial charge is 0.306 e. The molecule has 0 saturated carbocycles. The third-order valence-corrected chi connectivity index (χ3v) is 4.04. The maximum atomic E-state index is 14.0. The summed E-state index contributed by atoms with van der Waals surface area (Å²) in [4.78, 5) is 5.29. The van der Waals surface area contributed by atoms with E-state index in [4.69, 9.17) is 0 Å². The Hall–Kier alpha value is -1.33. The summed E-state index contributed by atoms with van der Waals surface area (Å²) in [5, 5.41) is 4.12. The number of nitrogens with zero attached hydrogens (tertiary/aromatic N) is 1. The fourth-order valence-electron chi connectivity index (χ4n) is 2.11. The molecule has 0 amide bonds. The lowest BCUT2D eigenvalue weighted by molar-refractivity contribution is 0.484. The van der Waals surface area contributed by atoms with Gasteiger partial charge in [-0.25, -0.2) is 13.8 Å². The van der Waals surface area contributed by atoms with E-state index in [1.54, 1.807) is 6.07 Å². The molecule has 1 N–H and O–H groups in total. The molecule has 1 aromatic carbocycles. The highest BCUT2D eigenvalue weighted by Gasteiger charge is 2.23.